The Morgan fingerprint density at radius 1 is 1.00 bits per heavy atom. The number of hydrogen-bond donors (Lipinski definition) is 1. The summed E-state index contributed by atoms with van der Waals surface area (Å²) in [6.45, 7) is 10.4. The molecule has 0 saturated heterocycles. The van der Waals surface area contributed by atoms with Crippen LogP contribution in [0.4, 0.5) is 5.69 Å². The monoisotopic (exact) mass is 179 g/mol. The molecule has 0 radical (unpaired) electrons. The van der Waals surface area contributed by atoms with E-state index < -0.39 is 0 Å². The molecule has 0 amide bonds. The molecule has 1 aromatic rings. The van der Waals surface area contributed by atoms with E-state index >= 15 is 0 Å². The Morgan fingerprint density at radius 3 is 2.00 bits per heavy atom. The van der Waals surface area contributed by atoms with Gasteiger partial charge in [-0.1, -0.05) is 19.9 Å². The van der Waals surface area contributed by atoms with Gasteiger partial charge in [0, 0.05) is 12.7 Å². The average molecular weight is 179 g/mol. The van der Waals surface area contributed by atoms with E-state index in [2.05, 4.69) is 38.2 Å². The lowest BCUT2D eigenvalue weighted by atomic mass is 10.0. The second-order valence-corrected chi connectivity index (χ2v) is 3.00. The van der Waals surface area contributed by atoms with Crippen LogP contribution in [0.5, 0.6) is 0 Å². The largest absolute Gasteiger partial charge is 0.388 e. The van der Waals surface area contributed by atoms with Crippen LogP contribution in [0.25, 0.3) is 0 Å². The number of rotatable bonds is 1. The fraction of sp³-hybridized carbons (Fsp3) is 0.500. The minimum absolute atomic E-state index is 1.24. The number of aryl methyl sites for hydroxylation is 2. The van der Waals surface area contributed by atoms with Gasteiger partial charge >= 0.3 is 0 Å². The van der Waals surface area contributed by atoms with Crippen molar-refractivity contribution in [3.05, 3.63) is 28.8 Å². The number of nitrogens with one attached hydrogen (secondary N) is 1. The summed E-state index contributed by atoms with van der Waals surface area (Å²) in [6.07, 6.45) is 0. The molecule has 1 aromatic carbocycles. The molecule has 74 valence electrons. The van der Waals surface area contributed by atoms with Crippen LogP contribution in [0.3, 0.4) is 0 Å². The van der Waals surface area contributed by atoms with Crippen molar-refractivity contribution in [1.29, 1.82) is 0 Å². The van der Waals surface area contributed by atoms with Gasteiger partial charge in [0.1, 0.15) is 0 Å². The molecule has 0 aliphatic heterocycles. The average Bonchev–Trinajstić information content (AvgIpc) is 2.14. The van der Waals surface area contributed by atoms with Crippen LogP contribution in [-0.2, 0) is 0 Å². The smallest absolute Gasteiger partial charge is 0.0372 e. The van der Waals surface area contributed by atoms with Crippen LogP contribution < -0.4 is 5.32 Å². The minimum Gasteiger partial charge on any atom is -0.388 e. The fourth-order valence-corrected chi connectivity index (χ4v) is 1.30. The van der Waals surface area contributed by atoms with E-state index in [-0.39, 0.29) is 0 Å². The summed E-state index contributed by atoms with van der Waals surface area (Å²) >= 11 is 0. The van der Waals surface area contributed by atoms with Gasteiger partial charge in [-0.15, -0.1) is 0 Å². The molecule has 13 heavy (non-hydrogen) atoms. The molecular weight excluding hydrogens is 158 g/mol. The molecule has 0 bridgehead atoms. The first-order chi connectivity index (χ1) is 6.15. The molecule has 0 aromatic heterocycles. The van der Waals surface area contributed by atoms with Crippen LogP contribution in [0.1, 0.15) is 30.5 Å². The normalized spacial score (nSPS) is 8.77. The highest BCUT2D eigenvalue weighted by Gasteiger charge is 1.98. The van der Waals surface area contributed by atoms with Crippen molar-refractivity contribution in [2.75, 3.05) is 12.4 Å². The zero-order chi connectivity index (χ0) is 10.4. The maximum atomic E-state index is 3.18. The Morgan fingerprint density at radius 2 is 1.54 bits per heavy atom. The van der Waals surface area contributed by atoms with E-state index in [1.165, 1.54) is 22.4 Å². The van der Waals surface area contributed by atoms with Gasteiger partial charge < -0.3 is 5.32 Å². The molecule has 0 unspecified atom stereocenters. The van der Waals surface area contributed by atoms with E-state index in [1.54, 1.807) is 0 Å². The summed E-state index contributed by atoms with van der Waals surface area (Å²) in [5.74, 6) is 0. The van der Waals surface area contributed by atoms with E-state index in [1.807, 2.05) is 20.9 Å². The van der Waals surface area contributed by atoms with Gasteiger partial charge in [-0.25, -0.2) is 0 Å². The molecule has 1 rings (SSSR count). The Balaban J connectivity index is 0.000000671. The summed E-state index contributed by atoms with van der Waals surface area (Å²) in [6, 6.07) is 4.37. The van der Waals surface area contributed by atoms with Crippen molar-refractivity contribution in [3.63, 3.8) is 0 Å². The van der Waals surface area contributed by atoms with Crippen molar-refractivity contribution in [2.45, 2.75) is 34.6 Å². The topological polar surface area (TPSA) is 12.0 Å². The van der Waals surface area contributed by atoms with Gasteiger partial charge in [-0.2, -0.15) is 0 Å². The van der Waals surface area contributed by atoms with E-state index in [0.29, 0.717) is 0 Å². The zero-order valence-electron chi connectivity index (χ0n) is 9.65. The quantitative estimate of drug-likeness (QED) is 0.693. The molecule has 0 fully saturated rings. The van der Waals surface area contributed by atoms with Gasteiger partial charge in [-0.05, 0) is 43.5 Å². The van der Waals surface area contributed by atoms with Crippen LogP contribution in [0, 0.1) is 20.8 Å². The summed E-state index contributed by atoms with van der Waals surface area (Å²) < 4.78 is 0. The first kappa shape index (κ1) is 12.0. The zero-order valence-corrected chi connectivity index (χ0v) is 9.65. The summed E-state index contributed by atoms with van der Waals surface area (Å²) in [4.78, 5) is 0. The Bertz CT molecular complexity index is 264. The van der Waals surface area contributed by atoms with Crippen molar-refractivity contribution in [1.82, 2.24) is 0 Å². The van der Waals surface area contributed by atoms with E-state index in [4.69, 9.17) is 0 Å². The van der Waals surface area contributed by atoms with Gasteiger partial charge in [0.25, 0.3) is 0 Å². The lowest BCUT2D eigenvalue weighted by Crippen LogP contribution is -1.94. The first-order valence-corrected chi connectivity index (χ1v) is 4.90. The number of anilines is 1. The van der Waals surface area contributed by atoms with Crippen LogP contribution >= 0.6 is 0 Å². The van der Waals surface area contributed by atoms with Gasteiger partial charge in [0.05, 0.1) is 0 Å². The van der Waals surface area contributed by atoms with Crippen molar-refractivity contribution in [2.24, 2.45) is 0 Å². The van der Waals surface area contributed by atoms with Crippen molar-refractivity contribution >= 4 is 5.69 Å². The Labute approximate surface area is 82.2 Å². The number of benzene rings is 1. The number of hydrogen-bond acceptors (Lipinski definition) is 1. The van der Waals surface area contributed by atoms with Crippen molar-refractivity contribution < 1.29 is 0 Å². The molecule has 0 aliphatic carbocycles. The molecule has 0 spiro atoms. The molecule has 1 nitrogen and oxygen atoms in total. The lowest BCUT2D eigenvalue weighted by Gasteiger charge is -2.08. The highest BCUT2D eigenvalue weighted by molar-refractivity contribution is 5.55. The first-order valence-electron chi connectivity index (χ1n) is 4.90. The maximum Gasteiger partial charge on any atom is 0.0372 e. The van der Waals surface area contributed by atoms with Gasteiger partial charge in [-0.3, -0.25) is 0 Å². The highest BCUT2D eigenvalue weighted by atomic mass is 14.8. The highest BCUT2D eigenvalue weighted by Crippen LogP contribution is 2.19. The Hall–Kier alpha value is -0.980. The molecule has 1 N–H and O–H groups in total. The van der Waals surface area contributed by atoms with Crippen LogP contribution in [0.15, 0.2) is 12.1 Å². The minimum atomic E-state index is 1.24. The predicted molar refractivity (Wildman–Crippen MR) is 61.5 cm³/mol. The summed E-state index contributed by atoms with van der Waals surface area (Å²) in [5, 5.41) is 3.18. The standard InChI is InChI=1S/C10H15N.C2H6/c1-7-5-8(2)9(3)10(6-7)11-4;1-2/h5-6,11H,1-4H3;1-2H3. The van der Waals surface area contributed by atoms with Gasteiger partial charge in [0.15, 0.2) is 0 Å². The lowest BCUT2D eigenvalue weighted by molar-refractivity contribution is 1.28. The molecule has 1 heteroatoms. The molecule has 0 atom stereocenters. The third-order valence-electron chi connectivity index (χ3n) is 2.08. The SMILES string of the molecule is CC.CNc1cc(C)cc(C)c1C. The second kappa shape index (κ2) is 5.63. The van der Waals surface area contributed by atoms with E-state index in [9.17, 15) is 0 Å². The van der Waals surface area contributed by atoms with Crippen molar-refractivity contribution in [3.8, 4) is 0 Å². The predicted octanol–water partition coefficient (Wildman–Crippen LogP) is 3.68. The molecular formula is C12H21N. The summed E-state index contributed by atoms with van der Waals surface area (Å²) in [7, 11) is 1.96. The second-order valence-electron chi connectivity index (χ2n) is 3.00. The molecule has 0 aliphatic rings. The van der Waals surface area contributed by atoms with Crippen LogP contribution in [-0.4, -0.2) is 7.05 Å². The fourth-order valence-electron chi connectivity index (χ4n) is 1.30. The Kier molecular flexibility index (Phi) is 5.20. The molecule has 0 saturated carbocycles. The van der Waals surface area contributed by atoms with Gasteiger partial charge in [0.2, 0.25) is 0 Å². The third-order valence-corrected chi connectivity index (χ3v) is 2.08. The van der Waals surface area contributed by atoms with Crippen LogP contribution in [0.2, 0.25) is 0 Å². The summed E-state index contributed by atoms with van der Waals surface area (Å²) in [5.41, 5.74) is 5.26. The van der Waals surface area contributed by atoms with E-state index in [0.717, 1.165) is 0 Å². The third kappa shape index (κ3) is 3.10. The molecule has 0 heterocycles. The maximum absolute atomic E-state index is 3.18.